The van der Waals surface area contributed by atoms with E-state index in [1.54, 1.807) is 0 Å². The van der Waals surface area contributed by atoms with Gasteiger partial charge in [0.1, 0.15) is 0 Å². The van der Waals surface area contributed by atoms with Crippen molar-refractivity contribution < 1.29 is 19.1 Å². The normalized spacial score (nSPS) is 12.6. The van der Waals surface area contributed by atoms with E-state index in [-0.39, 0.29) is 5.92 Å². The number of hydrogen-bond donors (Lipinski definition) is 0. The van der Waals surface area contributed by atoms with Gasteiger partial charge in [0.25, 0.3) is 6.29 Å². The molecule has 0 aliphatic rings. The van der Waals surface area contributed by atoms with Gasteiger partial charge < -0.3 is 14.4 Å². The number of likely N-dealkylation sites (N-methyl/N-ethyl adjacent to an activating group) is 1. The van der Waals surface area contributed by atoms with Crippen LogP contribution >= 0.6 is 0 Å². The number of aromatic nitrogens is 1. The van der Waals surface area contributed by atoms with Gasteiger partial charge in [-0.15, -0.1) is 0 Å². The van der Waals surface area contributed by atoms with Crippen LogP contribution in [0.25, 0.3) is 10.9 Å². The molecule has 0 aliphatic carbocycles. The number of fused-ring (bicyclic) bond motifs is 1. The van der Waals surface area contributed by atoms with Crippen molar-refractivity contribution in [3.05, 3.63) is 36.0 Å². The van der Waals surface area contributed by atoms with E-state index < -0.39 is 18.4 Å². The number of carbonyl (C=O) groups excluding carboxylic acids is 2. The summed E-state index contributed by atoms with van der Waals surface area (Å²) in [7, 11) is 4.03. The summed E-state index contributed by atoms with van der Waals surface area (Å²) in [4.78, 5) is 26.0. The van der Waals surface area contributed by atoms with Crippen molar-refractivity contribution in [2.75, 3.05) is 20.6 Å². The fourth-order valence-corrected chi connectivity index (χ4v) is 2.56. The second kappa shape index (κ2) is 8.16. The third kappa shape index (κ3) is 4.82. The molecule has 0 saturated heterocycles. The highest BCUT2D eigenvalue weighted by atomic mass is 16.7. The first kappa shape index (κ1) is 19.0. The van der Waals surface area contributed by atoms with Crippen LogP contribution in [-0.4, -0.2) is 48.5 Å². The van der Waals surface area contributed by atoms with E-state index >= 15 is 0 Å². The van der Waals surface area contributed by atoms with E-state index in [1.807, 2.05) is 58.4 Å². The van der Waals surface area contributed by atoms with Crippen LogP contribution in [-0.2, 0) is 20.7 Å². The quantitative estimate of drug-likeness (QED) is 0.593. The van der Waals surface area contributed by atoms with Gasteiger partial charge in [-0.3, -0.25) is 9.36 Å². The number of para-hydroxylation sites is 1. The third-order valence-corrected chi connectivity index (χ3v) is 3.86. The second-order valence-electron chi connectivity index (χ2n) is 6.70. The number of ether oxygens (including phenoxy) is 2. The molecule has 1 unspecified atom stereocenters. The lowest BCUT2D eigenvalue weighted by Crippen LogP contribution is -2.30. The molecule has 0 bridgehead atoms. The van der Waals surface area contributed by atoms with Crippen LogP contribution in [0.2, 0.25) is 0 Å². The van der Waals surface area contributed by atoms with E-state index in [2.05, 4.69) is 4.90 Å². The van der Waals surface area contributed by atoms with Crippen molar-refractivity contribution in [2.45, 2.75) is 33.5 Å². The van der Waals surface area contributed by atoms with Gasteiger partial charge in [0.2, 0.25) is 0 Å². The second-order valence-corrected chi connectivity index (χ2v) is 6.70. The Kier molecular flexibility index (Phi) is 6.20. The largest absolute Gasteiger partial charge is 0.425 e. The molecule has 2 rings (SSSR count). The minimum absolute atomic E-state index is 0.136. The fraction of sp³-hybridized carbons (Fsp3) is 0.474. The standard InChI is InChI=1S/C19H26N2O4/c1-13(2)18(24-14(3)22)25-19(23)21-12-15(10-11-20(4)5)16-8-6-7-9-17(16)21/h6-9,12-13,18H,10-11H2,1-5H3. The molecule has 0 saturated carbocycles. The van der Waals surface area contributed by atoms with Crippen molar-refractivity contribution in [1.29, 1.82) is 0 Å². The van der Waals surface area contributed by atoms with Gasteiger partial charge in [0.05, 0.1) is 5.52 Å². The molecule has 6 heteroatoms. The van der Waals surface area contributed by atoms with Crippen LogP contribution in [0.15, 0.2) is 30.5 Å². The van der Waals surface area contributed by atoms with Gasteiger partial charge >= 0.3 is 12.1 Å². The van der Waals surface area contributed by atoms with Gasteiger partial charge in [0, 0.05) is 31.0 Å². The molecule has 2 aromatic rings. The number of carbonyl (C=O) groups is 2. The van der Waals surface area contributed by atoms with Gasteiger partial charge in [-0.25, -0.2) is 4.79 Å². The molecule has 0 spiro atoms. The van der Waals surface area contributed by atoms with Crippen molar-refractivity contribution in [2.24, 2.45) is 5.92 Å². The van der Waals surface area contributed by atoms with Gasteiger partial charge in [-0.05, 0) is 32.1 Å². The molecule has 1 aromatic heterocycles. The topological polar surface area (TPSA) is 60.8 Å². The van der Waals surface area contributed by atoms with E-state index in [0.29, 0.717) is 0 Å². The first-order chi connectivity index (χ1) is 11.8. The lowest BCUT2D eigenvalue weighted by Gasteiger charge is -2.20. The van der Waals surface area contributed by atoms with E-state index in [9.17, 15) is 9.59 Å². The Bertz CT molecular complexity index is 749. The van der Waals surface area contributed by atoms with Crippen LogP contribution in [0.3, 0.4) is 0 Å². The van der Waals surface area contributed by atoms with Gasteiger partial charge in [-0.1, -0.05) is 32.0 Å². The summed E-state index contributed by atoms with van der Waals surface area (Å²) >= 11 is 0. The predicted octanol–water partition coefficient (Wildman–Crippen LogP) is 3.28. The van der Waals surface area contributed by atoms with Crippen molar-refractivity contribution in [3.8, 4) is 0 Å². The molecular formula is C19H26N2O4. The first-order valence-electron chi connectivity index (χ1n) is 8.41. The van der Waals surface area contributed by atoms with Crippen LogP contribution in [0.4, 0.5) is 4.79 Å². The molecule has 1 heterocycles. The lowest BCUT2D eigenvalue weighted by molar-refractivity contribution is -0.172. The summed E-state index contributed by atoms with van der Waals surface area (Å²) < 4.78 is 12.0. The molecule has 136 valence electrons. The highest BCUT2D eigenvalue weighted by Gasteiger charge is 2.23. The van der Waals surface area contributed by atoms with Crippen LogP contribution in [0, 0.1) is 5.92 Å². The third-order valence-electron chi connectivity index (χ3n) is 3.86. The fourth-order valence-electron chi connectivity index (χ4n) is 2.56. The van der Waals surface area contributed by atoms with E-state index in [4.69, 9.17) is 9.47 Å². The van der Waals surface area contributed by atoms with Crippen molar-refractivity contribution >= 4 is 23.0 Å². The Morgan fingerprint density at radius 3 is 2.44 bits per heavy atom. The molecule has 0 fully saturated rings. The zero-order valence-corrected chi connectivity index (χ0v) is 15.5. The highest BCUT2D eigenvalue weighted by Crippen LogP contribution is 2.23. The SMILES string of the molecule is CC(=O)OC(OC(=O)n1cc(CCN(C)C)c2ccccc21)C(C)C. The summed E-state index contributed by atoms with van der Waals surface area (Å²) in [6, 6.07) is 7.71. The highest BCUT2D eigenvalue weighted by molar-refractivity contribution is 5.92. The maximum Gasteiger partial charge on any atom is 0.421 e. The minimum Gasteiger partial charge on any atom is -0.425 e. The maximum atomic E-state index is 12.6. The summed E-state index contributed by atoms with van der Waals surface area (Å²) in [6.45, 7) is 5.84. The Morgan fingerprint density at radius 1 is 1.16 bits per heavy atom. The van der Waals surface area contributed by atoms with Gasteiger partial charge in [0.15, 0.2) is 0 Å². The Labute approximate surface area is 148 Å². The zero-order valence-electron chi connectivity index (χ0n) is 15.5. The number of benzene rings is 1. The molecule has 25 heavy (non-hydrogen) atoms. The Hall–Kier alpha value is -2.34. The number of hydrogen-bond acceptors (Lipinski definition) is 5. The molecule has 0 N–H and O–H groups in total. The molecule has 0 amide bonds. The average molecular weight is 346 g/mol. The average Bonchev–Trinajstić information content (AvgIpc) is 2.90. The summed E-state index contributed by atoms with van der Waals surface area (Å²) in [5.41, 5.74) is 1.86. The number of esters is 1. The Balaban J connectivity index is 2.29. The smallest absolute Gasteiger partial charge is 0.421 e. The first-order valence-corrected chi connectivity index (χ1v) is 8.41. The lowest BCUT2D eigenvalue weighted by atomic mass is 10.1. The van der Waals surface area contributed by atoms with Crippen LogP contribution in [0.5, 0.6) is 0 Å². The predicted molar refractivity (Wildman–Crippen MR) is 96.5 cm³/mol. The van der Waals surface area contributed by atoms with Crippen LogP contribution < -0.4 is 0 Å². The van der Waals surface area contributed by atoms with Crippen LogP contribution in [0.1, 0.15) is 26.3 Å². The molecule has 0 radical (unpaired) electrons. The van der Waals surface area contributed by atoms with Crippen molar-refractivity contribution in [1.82, 2.24) is 9.47 Å². The number of rotatable bonds is 6. The number of nitrogens with zero attached hydrogens (tertiary/aromatic N) is 2. The molecule has 1 aromatic carbocycles. The summed E-state index contributed by atoms with van der Waals surface area (Å²) in [5.74, 6) is -0.613. The van der Waals surface area contributed by atoms with E-state index in [0.717, 1.165) is 29.4 Å². The van der Waals surface area contributed by atoms with Gasteiger partial charge in [-0.2, -0.15) is 0 Å². The molecule has 0 aliphatic heterocycles. The monoisotopic (exact) mass is 346 g/mol. The Morgan fingerprint density at radius 2 is 1.84 bits per heavy atom. The summed E-state index contributed by atoms with van der Waals surface area (Å²) in [6.07, 6.45) is 1.18. The zero-order chi connectivity index (χ0) is 18.6. The van der Waals surface area contributed by atoms with Crippen molar-refractivity contribution in [3.63, 3.8) is 0 Å². The van der Waals surface area contributed by atoms with E-state index in [1.165, 1.54) is 11.5 Å². The molecule has 6 nitrogen and oxygen atoms in total. The minimum atomic E-state index is -0.906. The molecule has 1 atom stereocenters. The summed E-state index contributed by atoms with van der Waals surface area (Å²) in [5, 5.41) is 1.02. The maximum absolute atomic E-state index is 12.6. The molecular weight excluding hydrogens is 320 g/mol.